The predicted octanol–water partition coefficient (Wildman–Crippen LogP) is 2.25. The number of rotatable bonds is 4. The van der Waals surface area contributed by atoms with E-state index in [2.05, 4.69) is 30.8 Å². The van der Waals surface area contributed by atoms with Gasteiger partial charge in [0.25, 0.3) is 0 Å². The van der Waals surface area contributed by atoms with E-state index in [-0.39, 0.29) is 12.1 Å². The molecule has 2 atom stereocenters. The molecule has 0 aromatic carbocycles. The van der Waals surface area contributed by atoms with Crippen LogP contribution in [0.25, 0.3) is 0 Å². The second-order valence-corrected chi connectivity index (χ2v) is 6.63. The number of likely N-dealkylation sites (tertiary alicyclic amines) is 1. The molecule has 5 heteroatoms. The van der Waals surface area contributed by atoms with Crippen LogP contribution in [0.1, 0.15) is 50.4 Å². The number of aryl methyl sites for hydroxylation is 2. The Bertz CT molecular complexity index is 469. The third kappa shape index (κ3) is 3.40. The molecular weight excluding hydrogens is 264 g/mol. The van der Waals surface area contributed by atoms with Crippen LogP contribution >= 0.6 is 0 Å². The summed E-state index contributed by atoms with van der Waals surface area (Å²) in [5.41, 5.74) is 8.75. The molecule has 21 heavy (non-hydrogen) atoms. The molecule has 120 valence electrons. The standard InChI is InChI=1S/C16H30N4O/c1-11(2)10-20-9-7-6-8-13(17)15(20)14-12(3)18-19(4)16(14)21-5/h11,13,15H,6-10,17H2,1-5H3. The van der Waals surface area contributed by atoms with E-state index < -0.39 is 0 Å². The molecule has 2 heterocycles. The van der Waals surface area contributed by atoms with Crippen LogP contribution < -0.4 is 10.5 Å². The van der Waals surface area contributed by atoms with Gasteiger partial charge in [0.15, 0.2) is 0 Å². The van der Waals surface area contributed by atoms with E-state index in [1.807, 2.05) is 11.7 Å². The lowest BCUT2D eigenvalue weighted by atomic mass is 9.95. The third-order valence-corrected chi connectivity index (χ3v) is 4.33. The molecule has 0 radical (unpaired) electrons. The summed E-state index contributed by atoms with van der Waals surface area (Å²) in [4.78, 5) is 2.54. The normalized spacial score (nSPS) is 24.3. The molecule has 0 amide bonds. The van der Waals surface area contributed by atoms with Crippen molar-refractivity contribution < 1.29 is 4.74 Å². The highest BCUT2D eigenvalue weighted by Crippen LogP contribution is 2.37. The van der Waals surface area contributed by atoms with Crippen molar-refractivity contribution in [1.29, 1.82) is 0 Å². The maximum atomic E-state index is 6.54. The predicted molar refractivity (Wildman–Crippen MR) is 85.5 cm³/mol. The number of ether oxygens (including phenoxy) is 1. The molecule has 0 saturated carbocycles. The number of nitrogens with zero attached hydrogens (tertiary/aromatic N) is 3. The topological polar surface area (TPSA) is 56.3 Å². The van der Waals surface area contributed by atoms with Crippen molar-refractivity contribution in [2.45, 2.75) is 52.1 Å². The summed E-state index contributed by atoms with van der Waals surface area (Å²) in [6.07, 6.45) is 3.49. The minimum absolute atomic E-state index is 0.142. The van der Waals surface area contributed by atoms with Crippen molar-refractivity contribution >= 4 is 0 Å². The molecule has 0 spiro atoms. The lowest BCUT2D eigenvalue weighted by molar-refractivity contribution is 0.161. The molecule has 1 saturated heterocycles. The first-order valence-corrected chi connectivity index (χ1v) is 8.02. The molecule has 2 unspecified atom stereocenters. The summed E-state index contributed by atoms with van der Waals surface area (Å²) in [5.74, 6) is 1.48. The highest BCUT2D eigenvalue weighted by Gasteiger charge is 2.34. The van der Waals surface area contributed by atoms with Crippen molar-refractivity contribution in [2.75, 3.05) is 20.2 Å². The van der Waals surface area contributed by atoms with Crippen molar-refractivity contribution in [3.63, 3.8) is 0 Å². The van der Waals surface area contributed by atoms with Crippen molar-refractivity contribution in [1.82, 2.24) is 14.7 Å². The van der Waals surface area contributed by atoms with Gasteiger partial charge < -0.3 is 10.5 Å². The lowest BCUT2D eigenvalue weighted by Crippen LogP contribution is -2.41. The largest absolute Gasteiger partial charge is 0.481 e. The molecule has 1 aliphatic heterocycles. The fourth-order valence-corrected chi connectivity index (χ4v) is 3.57. The van der Waals surface area contributed by atoms with E-state index in [4.69, 9.17) is 10.5 Å². The minimum atomic E-state index is 0.142. The zero-order valence-corrected chi connectivity index (χ0v) is 14.1. The Kier molecular flexibility index (Phi) is 5.27. The van der Waals surface area contributed by atoms with E-state index in [1.54, 1.807) is 7.11 Å². The van der Waals surface area contributed by atoms with Crippen LogP contribution in [0.3, 0.4) is 0 Å². The van der Waals surface area contributed by atoms with Crippen LogP contribution in [-0.2, 0) is 7.05 Å². The quantitative estimate of drug-likeness (QED) is 0.925. The number of hydrogen-bond acceptors (Lipinski definition) is 4. The number of methoxy groups -OCH3 is 1. The summed E-state index contributed by atoms with van der Waals surface area (Å²) < 4.78 is 7.44. The first-order valence-electron chi connectivity index (χ1n) is 8.02. The van der Waals surface area contributed by atoms with Gasteiger partial charge in [0.05, 0.1) is 24.4 Å². The number of hydrogen-bond donors (Lipinski definition) is 1. The molecule has 0 aliphatic carbocycles. The molecule has 0 bridgehead atoms. The maximum absolute atomic E-state index is 6.54. The Morgan fingerprint density at radius 2 is 2.10 bits per heavy atom. The van der Waals surface area contributed by atoms with E-state index in [1.165, 1.54) is 18.4 Å². The molecule has 1 fully saturated rings. The highest BCUT2D eigenvalue weighted by atomic mass is 16.5. The first kappa shape index (κ1) is 16.3. The Morgan fingerprint density at radius 1 is 1.38 bits per heavy atom. The third-order valence-electron chi connectivity index (χ3n) is 4.33. The number of nitrogens with two attached hydrogens (primary N) is 1. The van der Waals surface area contributed by atoms with Crippen molar-refractivity contribution in [3.05, 3.63) is 11.3 Å². The summed E-state index contributed by atoms with van der Waals surface area (Å²) in [6.45, 7) is 8.76. The molecule has 1 aromatic heterocycles. The zero-order valence-electron chi connectivity index (χ0n) is 14.1. The fourth-order valence-electron chi connectivity index (χ4n) is 3.57. The van der Waals surface area contributed by atoms with Crippen LogP contribution in [-0.4, -0.2) is 40.9 Å². The summed E-state index contributed by atoms with van der Waals surface area (Å²) in [7, 11) is 3.65. The fraction of sp³-hybridized carbons (Fsp3) is 0.812. The minimum Gasteiger partial charge on any atom is -0.481 e. The van der Waals surface area contributed by atoms with Gasteiger partial charge >= 0.3 is 0 Å². The first-order chi connectivity index (χ1) is 9.95. The molecular formula is C16H30N4O. The van der Waals surface area contributed by atoms with Crippen LogP contribution in [0.2, 0.25) is 0 Å². The van der Waals surface area contributed by atoms with Crippen LogP contribution in [0.5, 0.6) is 5.88 Å². The van der Waals surface area contributed by atoms with Crippen molar-refractivity contribution in [2.24, 2.45) is 18.7 Å². The van der Waals surface area contributed by atoms with E-state index in [0.29, 0.717) is 5.92 Å². The Hall–Kier alpha value is -1.07. The maximum Gasteiger partial charge on any atom is 0.216 e. The second kappa shape index (κ2) is 6.79. The molecule has 2 N–H and O–H groups in total. The van der Waals surface area contributed by atoms with Crippen LogP contribution in [0.4, 0.5) is 0 Å². The second-order valence-electron chi connectivity index (χ2n) is 6.63. The van der Waals surface area contributed by atoms with Gasteiger partial charge in [-0.1, -0.05) is 20.3 Å². The Labute approximate surface area is 128 Å². The van der Waals surface area contributed by atoms with Gasteiger partial charge in [-0.2, -0.15) is 5.10 Å². The zero-order chi connectivity index (χ0) is 15.6. The van der Waals surface area contributed by atoms with Gasteiger partial charge in [0.1, 0.15) is 0 Å². The Balaban J connectivity index is 2.43. The molecule has 1 aromatic rings. The summed E-state index contributed by atoms with van der Waals surface area (Å²) >= 11 is 0. The smallest absolute Gasteiger partial charge is 0.216 e. The van der Waals surface area contributed by atoms with E-state index in [9.17, 15) is 0 Å². The average Bonchev–Trinajstić information content (AvgIpc) is 2.56. The Morgan fingerprint density at radius 3 is 2.71 bits per heavy atom. The molecule has 5 nitrogen and oxygen atoms in total. The van der Waals surface area contributed by atoms with Gasteiger partial charge in [-0.05, 0) is 32.2 Å². The van der Waals surface area contributed by atoms with E-state index in [0.717, 1.165) is 31.1 Å². The van der Waals surface area contributed by atoms with Gasteiger partial charge in [-0.25, -0.2) is 4.68 Å². The monoisotopic (exact) mass is 294 g/mol. The SMILES string of the molecule is COc1c(C2C(N)CCCCN2CC(C)C)c(C)nn1C. The summed E-state index contributed by atoms with van der Waals surface area (Å²) in [6, 6.07) is 0.349. The van der Waals surface area contributed by atoms with Crippen LogP contribution in [0, 0.1) is 12.8 Å². The highest BCUT2D eigenvalue weighted by molar-refractivity contribution is 5.35. The number of aromatic nitrogens is 2. The van der Waals surface area contributed by atoms with Gasteiger partial charge in [-0.15, -0.1) is 0 Å². The lowest BCUT2D eigenvalue weighted by Gasteiger charge is -2.34. The summed E-state index contributed by atoms with van der Waals surface area (Å²) in [5, 5.41) is 4.55. The van der Waals surface area contributed by atoms with Gasteiger partial charge in [-0.3, -0.25) is 4.90 Å². The van der Waals surface area contributed by atoms with Gasteiger partial charge in [0, 0.05) is 19.6 Å². The molecule has 2 rings (SSSR count). The van der Waals surface area contributed by atoms with Crippen LogP contribution in [0.15, 0.2) is 0 Å². The molecule has 1 aliphatic rings. The van der Waals surface area contributed by atoms with Crippen molar-refractivity contribution in [3.8, 4) is 5.88 Å². The average molecular weight is 294 g/mol. The van der Waals surface area contributed by atoms with Gasteiger partial charge in [0.2, 0.25) is 5.88 Å². The van der Waals surface area contributed by atoms with E-state index >= 15 is 0 Å².